The molecule has 56 heavy (non-hydrogen) atoms. The molecule has 25 nitrogen and oxygen atoms in total. The molecule has 322 valence electrons. The first kappa shape index (κ1) is 45.9. The van der Waals surface area contributed by atoms with E-state index in [2.05, 4.69) is 0 Å². The molecule has 0 aromatic rings. The normalized spacial score (nSPS) is 44.8. The van der Waals surface area contributed by atoms with E-state index in [1.165, 1.54) is 27.7 Å². The van der Waals surface area contributed by atoms with E-state index < -0.39 is 165 Å². The van der Waals surface area contributed by atoms with E-state index in [1.807, 2.05) is 0 Å². The Bertz CT molecular complexity index is 1360. The fourth-order valence-corrected chi connectivity index (χ4v) is 6.57. The lowest BCUT2D eigenvalue weighted by Gasteiger charge is -2.48. The Kier molecular flexibility index (Phi) is 15.4. The number of aliphatic hydroxyl groups excluding tert-OH is 8. The van der Waals surface area contributed by atoms with Gasteiger partial charge in [-0.2, -0.15) is 0 Å². The maximum atomic E-state index is 12.4. The third-order valence-corrected chi connectivity index (χ3v) is 9.25. The lowest BCUT2D eigenvalue weighted by Crippen LogP contribution is -2.68. The first-order valence-corrected chi connectivity index (χ1v) is 17.3. The summed E-state index contributed by atoms with van der Waals surface area (Å²) in [6.07, 6.45) is -41.2. The van der Waals surface area contributed by atoms with Crippen LogP contribution in [-0.2, 0) is 61.8 Å². The van der Waals surface area contributed by atoms with Crippen LogP contribution in [0.4, 0.5) is 0 Å². The lowest BCUT2D eigenvalue weighted by atomic mass is 9.88. The van der Waals surface area contributed by atoms with Crippen LogP contribution in [-0.4, -0.2) is 221 Å². The average Bonchev–Trinajstić information content (AvgIpc) is 3.10. The number of carbonyl (C=O) groups is 4. The summed E-state index contributed by atoms with van der Waals surface area (Å²) in [5, 5.41) is 125. The van der Waals surface area contributed by atoms with Crippen LogP contribution in [0.2, 0.25) is 0 Å². The van der Waals surface area contributed by atoms with Gasteiger partial charge in [-0.05, 0) is 27.7 Å². The Labute approximate surface area is 316 Å². The van der Waals surface area contributed by atoms with Crippen molar-refractivity contribution in [1.82, 2.24) is 0 Å². The zero-order valence-corrected chi connectivity index (χ0v) is 30.1. The lowest BCUT2D eigenvalue weighted by molar-refractivity contribution is -0.378. The molecule has 4 saturated heterocycles. The topological polar surface area (TPSA) is 394 Å². The number of carboxylic acids is 4. The molecule has 0 bridgehead atoms. The Morgan fingerprint density at radius 3 is 1.12 bits per heavy atom. The summed E-state index contributed by atoms with van der Waals surface area (Å²) < 4.78 is 48.2. The summed E-state index contributed by atoms with van der Waals surface area (Å²) in [6, 6.07) is 0. The fraction of sp³-hybridized carbons (Fsp3) is 0.871. The van der Waals surface area contributed by atoms with Crippen LogP contribution in [0, 0.1) is 5.92 Å². The van der Waals surface area contributed by atoms with Crippen LogP contribution in [0.1, 0.15) is 27.7 Å². The summed E-state index contributed by atoms with van der Waals surface area (Å²) in [6.45, 7) is 4.92. The minimum Gasteiger partial charge on any atom is -0.479 e. The number of aliphatic carboxylic acids is 4. The number of rotatable bonds is 15. The van der Waals surface area contributed by atoms with Gasteiger partial charge in [-0.1, -0.05) is 0 Å². The highest BCUT2D eigenvalue weighted by atomic mass is 16.8. The highest BCUT2D eigenvalue weighted by molar-refractivity contribution is 5.75. The number of carboxylic acid groups (broad SMARTS) is 4. The van der Waals surface area contributed by atoms with Gasteiger partial charge in [0.25, 0.3) is 0 Å². The Morgan fingerprint density at radius 1 is 0.446 bits per heavy atom. The van der Waals surface area contributed by atoms with E-state index in [-0.39, 0.29) is 0 Å². The van der Waals surface area contributed by atoms with Gasteiger partial charge in [0, 0.05) is 5.92 Å². The van der Waals surface area contributed by atoms with Crippen LogP contribution < -0.4 is 0 Å². The molecule has 4 aliphatic rings. The van der Waals surface area contributed by atoms with Crippen molar-refractivity contribution in [2.45, 2.75) is 157 Å². The van der Waals surface area contributed by atoms with Crippen molar-refractivity contribution >= 4 is 23.9 Å². The van der Waals surface area contributed by atoms with Gasteiger partial charge < -0.3 is 104 Å². The van der Waals surface area contributed by atoms with Gasteiger partial charge in [0.1, 0.15) is 67.1 Å². The van der Waals surface area contributed by atoms with E-state index in [4.69, 9.17) is 42.6 Å². The van der Waals surface area contributed by atoms with Gasteiger partial charge in [-0.25, -0.2) is 19.2 Å². The molecule has 0 aromatic carbocycles. The molecule has 4 fully saturated rings. The molecule has 0 radical (unpaired) electrons. The van der Waals surface area contributed by atoms with Gasteiger partial charge >= 0.3 is 23.9 Å². The highest BCUT2D eigenvalue weighted by Gasteiger charge is 2.58. The first-order valence-electron chi connectivity index (χ1n) is 17.3. The summed E-state index contributed by atoms with van der Waals surface area (Å²) in [5.41, 5.74) is 0. The molecule has 10 unspecified atom stereocenters. The monoisotopic (exact) mass is 820 g/mol. The second kappa shape index (κ2) is 18.9. The number of ether oxygens (including phenoxy) is 9. The molecule has 12 N–H and O–H groups in total. The molecule has 0 saturated carbocycles. The van der Waals surface area contributed by atoms with Gasteiger partial charge in [0.2, 0.25) is 0 Å². The van der Waals surface area contributed by atoms with E-state index >= 15 is 0 Å². The second-order valence-electron chi connectivity index (χ2n) is 14.0. The van der Waals surface area contributed by atoms with Crippen molar-refractivity contribution in [2.75, 3.05) is 6.61 Å². The van der Waals surface area contributed by atoms with Crippen LogP contribution in [0.3, 0.4) is 0 Å². The summed E-state index contributed by atoms with van der Waals surface area (Å²) in [7, 11) is 0. The molecule has 4 rings (SSSR count). The molecule has 0 aliphatic carbocycles. The van der Waals surface area contributed by atoms with Crippen molar-refractivity contribution in [1.29, 1.82) is 0 Å². The molecule has 0 spiro atoms. The van der Waals surface area contributed by atoms with Crippen molar-refractivity contribution in [3.63, 3.8) is 0 Å². The Morgan fingerprint density at radius 2 is 0.750 bits per heavy atom. The van der Waals surface area contributed by atoms with Crippen molar-refractivity contribution in [2.24, 2.45) is 5.92 Å². The minimum atomic E-state index is -2.39. The minimum absolute atomic E-state index is 0.610. The summed E-state index contributed by atoms with van der Waals surface area (Å²) in [5.74, 6) is -8.99. The quantitative estimate of drug-likeness (QED) is 0.0731. The third-order valence-electron chi connectivity index (χ3n) is 9.25. The van der Waals surface area contributed by atoms with Crippen molar-refractivity contribution in [3.8, 4) is 0 Å². The average molecular weight is 821 g/mol. The van der Waals surface area contributed by atoms with Crippen LogP contribution in [0.25, 0.3) is 0 Å². The smallest absolute Gasteiger partial charge is 0.335 e. The highest BCUT2D eigenvalue weighted by Crippen LogP contribution is 2.37. The molecule has 25 heteroatoms. The molecular formula is C31H48O25. The van der Waals surface area contributed by atoms with Crippen LogP contribution in [0.15, 0.2) is 0 Å². The van der Waals surface area contributed by atoms with E-state index in [9.17, 15) is 80.5 Å². The van der Waals surface area contributed by atoms with Crippen LogP contribution in [0.5, 0.6) is 0 Å². The van der Waals surface area contributed by atoms with Crippen LogP contribution >= 0.6 is 0 Å². The summed E-state index contributed by atoms with van der Waals surface area (Å²) >= 11 is 0. The van der Waals surface area contributed by atoms with Gasteiger partial charge in [-0.15, -0.1) is 0 Å². The fourth-order valence-electron chi connectivity index (χ4n) is 6.57. The van der Waals surface area contributed by atoms with Crippen molar-refractivity contribution < 1.29 is 123 Å². The zero-order valence-electron chi connectivity index (χ0n) is 30.1. The first-order chi connectivity index (χ1) is 26.1. The Hall–Kier alpha value is -2.80. The number of hydrogen-bond donors (Lipinski definition) is 12. The van der Waals surface area contributed by atoms with Gasteiger partial charge in [-0.3, -0.25) is 0 Å². The molecule has 4 aliphatic heterocycles. The largest absolute Gasteiger partial charge is 0.479 e. The third kappa shape index (κ3) is 9.72. The zero-order chi connectivity index (χ0) is 42.1. The predicted molar refractivity (Wildman–Crippen MR) is 169 cm³/mol. The van der Waals surface area contributed by atoms with Crippen molar-refractivity contribution in [3.05, 3.63) is 0 Å². The second-order valence-corrected chi connectivity index (χ2v) is 14.0. The van der Waals surface area contributed by atoms with E-state index in [0.717, 1.165) is 0 Å². The molecule has 20 atom stereocenters. The predicted octanol–water partition coefficient (Wildman–Crippen LogP) is -6.27. The summed E-state index contributed by atoms with van der Waals surface area (Å²) in [4.78, 5) is 48.7. The SMILES string of the molecule is CC(C)O[C@@H]1OC(C(=O)O)[C@@H](O[C@@H]2OC(C(=O)O)[C@@H](O[C@@H]3OC(C(=O)O)[C@@H](O[C@@H]4OC(C(=O)O)[C@@H](OC(C)C)C(O)[C@@H]4O)C(CO)C3O)C(O)[C@H]2O)C(O)C1O. The Balaban J connectivity index is 1.53. The van der Waals surface area contributed by atoms with Gasteiger partial charge in [0.15, 0.2) is 49.6 Å². The van der Waals surface area contributed by atoms with E-state index in [1.54, 1.807) is 0 Å². The van der Waals surface area contributed by atoms with E-state index in [0.29, 0.717) is 0 Å². The number of hydrogen-bond acceptors (Lipinski definition) is 21. The molecule has 0 aromatic heterocycles. The molecule has 0 amide bonds. The molecular weight excluding hydrogens is 772 g/mol. The maximum absolute atomic E-state index is 12.4. The van der Waals surface area contributed by atoms with Gasteiger partial charge in [0.05, 0.1) is 18.8 Å². The number of aliphatic hydroxyl groups is 8. The standard InChI is InChI=1S/C31H48O25/c1-6(2)48-17-10(34)14(38)30(55-21(17)25(42)43)50-16-8(5-32)9(33)28(53-20(16)24(40)41)51-18-12(36)15(39)31(56-23(18)27(46)47)52-19-11(35)13(37)29(49-7(3)4)54-22(19)26(44)45/h6-23,28-39H,5H2,1-4H3,(H,40,41)(H,42,43)(H,44,45)(H,46,47)/t8?,9?,10?,11?,12?,13?,14-,15+,16-,17-,18-,19-,20?,21?,22?,23?,28+,29+,30+,31+/m0/s1. The molecule has 4 heterocycles. The maximum Gasteiger partial charge on any atom is 0.335 e.